The van der Waals surface area contributed by atoms with Gasteiger partial charge in [0.25, 0.3) is 0 Å². The van der Waals surface area contributed by atoms with Crippen molar-refractivity contribution in [1.82, 2.24) is 4.90 Å². The first-order valence-corrected chi connectivity index (χ1v) is 7.15. The quantitative estimate of drug-likeness (QED) is 0.801. The fourth-order valence-corrected chi connectivity index (χ4v) is 2.49. The SMILES string of the molecule is CCCCN(CC)C(CN)c1cc(C)ccc1C. The van der Waals surface area contributed by atoms with E-state index in [-0.39, 0.29) is 0 Å². The number of nitrogens with zero attached hydrogens (tertiary/aromatic N) is 1. The van der Waals surface area contributed by atoms with Gasteiger partial charge in [0.1, 0.15) is 0 Å². The Hall–Kier alpha value is -0.860. The molecule has 0 amide bonds. The second-order valence-corrected chi connectivity index (χ2v) is 5.09. The first-order chi connectivity index (χ1) is 8.63. The van der Waals surface area contributed by atoms with Crippen LogP contribution in [0.3, 0.4) is 0 Å². The molecule has 0 aliphatic carbocycles. The lowest BCUT2D eigenvalue weighted by molar-refractivity contribution is 0.208. The molecule has 1 atom stereocenters. The number of unbranched alkanes of at least 4 members (excludes halogenated alkanes) is 1. The van der Waals surface area contributed by atoms with Crippen molar-refractivity contribution < 1.29 is 0 Å². The molecule has 1 unspecified atom stereocenters. The molecule has 0 saturated carbocycles. The van der Waals surface area contributed by atoms with Crippen LogP contribution in [0.15, 0.2) is 18.2 Å². The topological polar surface area (TPSA) is 29.3 Å². The van der Waals surface area contributed by atoms with Crippen LogP contribution in [0, 0.1) is 13.8 Å². The van der Waals surface area contributed by atoms with Gasteiger partial charge in [-0.25, -0.2) is 0 Å². The molecule has 1 aromatic rings. The minimum absolute atomic E-state index is 0.362. The fraction of sp³-hybridized carbons (Fsp3) is 0.625. The molecule has 0 aliphatic rings. The number of likely N-dealkylation sites (N-methyl/N-ethyl adjacent to an activating group) is 1. The Kier molecular flexibility index (Phi) is 6.37. The summed E-state index contributed by atoms with van der Waals surface area (Å²) in [5.41, 5.74) is 10.1. The molecule has 1 rings (SSSR count). The maximum atomic E-state index is 6.03. The molecule has 0 bridgehead atoms. The molecule has 0 aliphatic heterocycles. The van der Waals surface area contributed by atoms with E-state index in [0.29, 0.717) is 12.6 Å². The van der Waals surface area contributed by atoms with E-state index in [1.54, 1.807) is 0 Å². The zero-order valence-electron chi connectivity index (χ0n) is 12.4. The lowest BCUT2D eigenvalue weighted by atomic mass is 9.97. The number of rotatable bonds is 7. The van der Waals surface area contributed by atoms with Crippen LogP contribution in [0.2, 0.25) is 0 Å². The second kappa shape index (κ2) is 7.55. The highest BCUT2D eigenvalue weighted by molar-refractivity contribution is 5.33. The van der Waals surface area contributed by atoms with Crippen molar-refractivity contribution in [3.05, 3.63) is 34.9 Å². The predicted molar refractivity (Wildman–Crippen MR) is 79.9 cm³/mol. The van der Waals surface area contributed by atoms with Gasteiger partial charge in [-0.3, -0.25) is 4.90 Å². The Morgan fingerprint density at radius 3 is 2.50 bits per heavy atom. The van der Waals surface area contributed by atoms with Crippen LogP contribution in [-0.4, -0.2) is 24.5 Å². The fourth-order valence-electron chi connectivity index (χ4n) is 2.49. The Morgan fingerprint density at radius 1 is 1.22 bits per heavy atom. The average molecular weight is 248 g/mol. The summed E-state index contributed by atoms with van der Waals surface area (Å²) in [6.45, 7) is 11.7. The molecule has 18 heavy (non-hydrogen) atoms. The molecular formula is C16H28N2. The van der Waals surface area contributed by atoms with Gasteiger partial charge in [0.2, 0.25) is 0 Å². The van der Waals surface area contributed by atoms with Crippen molar-refractivity contribution in [3.63, 3.8) is 0 Å². The maximum absolute atomic E-state index is 6.03. The molecular weight excluding hydrogens is 220 g/mol. The lowest BCUT2D eigenvalue weighted by Gasteiger charge is -2.31. The summed E-state index contributed by atoms with van der Waals surface area (Å²) in [7, 11) is 0. The number of nitrogens with two attached hydrogens (primary N) is 1. The van der Waals surface area contributed by atoms with E-state index < -0.39 is 0 Å². The van der Waals surface area contributed by atoms with Gasteiger partial charge in [-0.2, -0.15) is 0 Å². The standard InChI is InChI=1S/C16H28N2/c1-5-7-10-18(6-2)16(12-17)15-11-13(3)8-9-14(15)4/h8-9,11,16H,5-7,10,12,17H2,1-4H3. The van der Waals surface area contributed by atoms with Crippen LogP contribution in [0.25, 0.3) is 0 Å². The largest absolute Gasteiger partial charge is 0.329 e. The second-order valence-electron chi connectivity index (χ2n) is 5.09. The molecule has 0 fully saturated rings. The molecule has 0 heterocycles. The summed E-state index contributed by atoms with van der Waals surface area (Å²) in [6.07, 6.45) is 2.48. The van der Waals surface area contributed by atoms with Crippen molar-refractivity contribution >= 4 is 0 Å². The molecule has 102 valence electrons. The molecule has 2 heteroatoms. The summed E-state index contributed by atoms with van der Waals surface area (Å²) < 4.78 is 0. The molecule has 0 spiro atoms. The Morgan fingerprint density at radius 2 is 1.94 bits per heavy atom. The van der Waals surface area contributed by atoms with Crippen LogP contribution in [-0.2, 0) is 0 Å². The average Bonchev–Trinajstić information content (AvgIpc) is 2.38. The van der Waals surface area contributed by atoms with Crippen LogP contribution < -0.4 is 5.73 Å². The van der Waals surface area contributed by atoms with Gasteiger partial charge in [-0.15, -0.1) is 0 Å². The van der Waals surface area contributed by atoms with Gasteiger partial charge in [-0.1, -0.05) is 44.0 Å². The Balaban J connectivity index is 2.95. The molecule has 2 nitrogen and oxygen atoms in total. The lowest BCUT2D eigenvalue weighted by Crippen LogP contribution is -2.35. The number of aryl methyl sites for hydroxylation is 2. The van der Waals surface area contributed by atoms with E-state index in [9.17, 15) is 0 Å². The van der Waals surface area contributed by atoms with Crippen molar-refractivity contribution in [2.24, 2.45) is 5.73 Å². The van der Waals surface area contributed by atoms with Crippen molar-refractivity contribution in [2.75, 3.05) is 19.6 Å². The minimum atomic E-state index is 0.362. The van der Waals surface area contributed by atoms with E-state index in [2.05, 4.69) is 50.8 Å². The van der Waals surface area contributed by atoms with Gasteiger partial charge in [0.15, 0.2) is 0 Å². The Bertz CT molecular complexity index is 360. The van der Waals surface area contributed by atoms with E-state index in [1.807, 2.05) is 0 Å². The molecule has 1 aromatic carbocycles. The zero-order valence-corrected chi connectivity index (χ0v) is 12.4. The summed E-state index contributed by atoms with van der Waals surface area (Å²) in [6, 6.07) is 7.04. The number of hydrogen-bond acceptors (Lipinski definition) is 2. The number of benzene rings is 1. The molecule has 0 radical (unpaired) electrons. The summed E-state index contributed by atoms with van der Waals surface area (Å²) in [5.74, 6) is 0. The van der Waals surface area contributed by atoms with E-state index in [0.717, 1.165) is 13.1 Å². The summed E-state index contributed by atoms with van der Waals surface area (Å²) in [5, 5.41) is 0. The van der Waals surface area contributed by atoms with Crippen molar-refractivity contribution in [2.45, 2.75) is 46.6 Å². The summed E-state index contributed by atoms with van der Waals surface area (Å²) in [4.78, 5) is 2.51. The van der Waals surface area contributed by atoms with Gasteiger partial charge in [0, 0.05) is 12.6 Å². The first-order valence-electron chi connectivity index (χ1n) is 7.15. The Labute approximate surface area is 112 Å². The third-order valence-electron chi connectivity index (χ3n) is 3.66. The van der Waals surface area contributed by atoms with Gasteiger partial charge in [0.05, 0.1) is 0 Å². The normalized spacial score (nSPS) is 13.0. The van der Waals surface area contributed by atoms with Crippen LogP contribution in [0.4, 0.5) is 0 Å². The third kappa shape index (κ3) is 3.82. The first kappa shape index (κ1) is 15.2. The number of hydrogen-bond donors (Lipinski definition) is 1. The molecule has 0 aromatic heterocycles. The highest BCUT2D eigenvalue weighted by Gasteiger charge is 2.18. The highest BCUT2D eigenvalue weighted by atomic mass is 15.2. The van der Waals surface area contributed by atoms with Gasteiger partial charge < -0.3 is 5.73 Å². The molecule has 0 saturated heterocycles. The molecule has 2 N–H and O–H groups in total. The highest BCUT2D eigenvalue weighted by Crippen LogP contribution is 2.24. The predicted octanol–water partition coefficient (Wildman–Crippen LogP) is 3.43. The maximum Gasteiger partial charge on any atom is 0.0473 e. The monoisotopic (exact) mass is 248 g/mol. The van der Waals surface area contributed by atoms with Crippen LogP contribution in [0.1, 0.15) is 49.4 Å². The van der Waals surface area contributed by atoms with E-state index in [4.69, 9.17) is 5.73 Å². The van der Waals surface area contributed by atoms with Crippen LogP contribution >= 0.6 is 0 Å². The minimum Gasteiger partial charge on any atom is -0.329 e. The van der Waals surface area contributed by atoms with E-state index >= 15 is 0 Å². The van der Waals surface area contributed by atoms with E-state index in [1.165, 1.54) is 29.5 Å². The summed E-state index contributed by atoms with van der Waals surface area (Å²) >= 11 is 0. The van der Waals surface area contributed by atoms with Gasteiger partial charge in [-0.05, 0) is 44.5 Å². The van der Waals surface area contributed by atoms with Gasteiger partial charge >= 0.3 is 0 Å². The smallest absolute Gasteiger partial charge is 0.0473 e. The van der Waals surface area contributed by atoms with Crippen molar-refractivity contribution in [1.29, 1.82) is 0 Å². The van der Waals surface area contributed by atoms with Crippen LogP contribution in [0.5, 0.6) is 0 Å². The zero-order chi connectivity index (χ0) is 13.5. The third-order valence-corrected chi connectivity index (χ3v) is 3.66. The van der Waals surface area contributed by atoms with Crippen molar-refractivity contribution in [3.8, 4) is 0 Å².